The zero-order valence-corrected chi connectivity index (χ0v) is 12.7. The summed E-state index contributed by atoms with van der Waals surface area (Å²) in [6.45, 7) is 1.39. The van der Waals surface area contributed by atoms with Crippen molar-refractivity contribution in [2.45, 2.75) is 12.5 Å². The summed E-state index contributed by atoms with van der Waals surface area (Å²) in [4.78, 5) is 16.3. The van der Waals surface area contributed by atoms with Crippen molar-refractivity contribution in [2.75, 3.05) is 33.8 Å². The van der Waals surface area contributed by atoms with Crippen LogP contribution in [0.1, 0.15) is 5.56 Å². The van der Waals surface area contributed by atoms with Gasteiger partial charge in [0.2, 0.25) is 5.91 Å². The second kappa shape index (κ2) is 6.57. The summed E-state index contributed by atoms with van der Waals surface area (Å²) in [7, 11) is 3.96. The molecule has 0 spiro atoms. The molecule has 1 N–H and O–H groups in total. The Morgan fingerprint density at radius 3 is 2.65 bits per heavy atom. The van der Waals surface area contributed by atoms with Gasteiger partial charge in [-0.1, -0.05) is 29.8 Å². The number of nitrogens with zero attached hydrogens (tertiary/aromatic N) is 2. The Hall–Kier alpha value is -1.10. The Kier molecular flexibility index (Phi) is 5.02. The molecule has 1 fully saturated rings. The largest absolute Gasteiger partial charge is 0.396 e. The molecule has 0 aliphatic carbocycles. The molecule has 2 atom stereocenters. The Bertz CT molecular complexity index is 479. The fraction of sp³-hybridized carbons (Fsp3) is 0.533. The van der Waals surface area contributed by atoms with E-state index in [-0.39, 0.29) is 24.5 Å². The van der Waals surface area contributed by atoms with Gasteiger partial charge in [0.15, 0.2) is 0 Å². The molecule has 20 heavy (non-hydrogen) atoms. The van der Waals surface area contributed by atoms with E-state index in [1.54, 1.807) is 6.07 Å². The number of carbonyl (C=O) groups is 1. The summed E-state index contributed by atoms with van der Waals surface area (Å²) >= 11 is 6.09. The van der Waals surface area contributed by atoms with E-state index in [9.17, 15) is 9.90 Å². The van der Waals surface area contributed by atoms with Crippen molar-refractivity contribution in [1.82, 2.24) is 9.80 Å². The van der Waals surface area contributed by atoms with Crippen LogP contribution in [0.2, 0.25) is 5.02 Å². The monoisotopic (exact) mass is 296 g/mol. The molecule has 1 heterocycles. The summed E-state index contributed by atoms with van der Waals surface area (Å²) in [5.74, 6) is 0.195. The molecule has 1 aliphatic rings. The summed E-state index contributed by atoms with van der Waals surface area (Å²) in [6, 6.07) is 7.64. The molecule has 2 rings (SSSR count). The standard InChI is InChI=1S/C15H21ClN2O2/c1-17(2)14-9-18(8-12(14)10-19)15(20)7-11-5-3-4-6-13(11)16/h3-6,12,14,19H,7-10H2,1-2H3/t12-,14+/m0/s1. The fourth-order valence-electron chi connectivity index (χ4n) is 2.74. The van der Waals surface area contributed by atoms with Gasteiger partial charge in [-0.05, 0) is 25.7 Å². The van der Waals surface area contributed by atoms with Crippen LogP contribution in [0.5, 0.6) is 0 Å². The van der Waals surface area contributed by atoms with Crippen LogP contribution in [0.15, 0.2) is 24.3 Å². The lowest BCUT2D eigenvalue weighted by atomic mass is 10.0. The Morgan fingerprint density at radius 1 is 1.40 bits per heavy atom. The molecule has 1 aromatic carbocycles. The Balaban J connectivity index is 2.02. The van der Waals surface area contributed by atoms with Gasteiger partial charge in [-0.2, -0.15) is 0 Å². The molecule has 4 nitrogen and oxygen atoms in total. The normalized spacial score (nSPS) is 22.6. The minimum Gasteiger partial charge on any atom is -0.396 e. The molecule has 0 radical (unpaired) electrons. The van der Waals surface area contributed by atoms with E-state index in [1.165, 1.54) is 0 Å². The van der Waals surface area contributed by atoms with Crippen molar-refractivity contribution in [3.05, 3.63) is 34.9 Å². The van der Waals surface area contributed by atoms with Crippen LogP contribution in [0.25, 0.3) is 0 Å². The van der Waals surface area contributed by atoms with E-state index in [0.717, 1.165) is 5.56 Å². The predicted octanol–water partition coefficient (Wildman–Crippen LogP) is 1.26. The van der Waals surface area contributed by atoms with Gasteiger partial charge in [0.05, 0.1) is 6.42 Å². The van der Waals surface area contributed by atoms with Crippen LogP contribution >= 0.6 is 11.6 Å². The van der Waals surface area contributed by atoms with Crippen molar-refractivity contribution in [1.29, 1.82) is 0 Å². The second-order valence-electron chi connectivity index (χ2n) is 5.54. The molecule has 0 saturated carbocycles. The number of carbonyl (C=O) groups excluding carboxylic acids is 1. The van der Waals surface area contributed by atoms with Crippen LogP contribution in [0.3, 0.4) is 0 Å². The molecule has 0 bridgehead atoms. The highest BCUT2D eigenvalue weighted by atomic mass is 35.5. The maximum atomic E-state index is 12.4. The van der Waals surface area contributed by atoms with E-state index >= 15 is 0 Å². The van der Waals surface area contributed by atoms with Gasteiger partial charge in [0, 0.05) is 36.7 Å². The Labute approximate surface area is 124 Å². The van der Waals surface area contributed by atoms with E-state index in [1.807, 2.05) is 37.2 Å². The summed E-state index contributed by atoms with van der Waals surface area (Å²) in [6.07, 6.45) is 0.317. The lowest BCUT2D eigenvalue weighted by Gasteiger charge is -2.23. The molecule has 0 unspecified atom stereocenters. The zero-order chi connectivity index (χ0) is 14.7. The summed E-state index contributed by atoms with van der Waals surface area (Å²) in [5.41, 5.74) is 0.855. The molecule has 0 aromatic heterocycles. The van der Waals surface area contributed by atoms with Crippen LogP contribution in [0, 0.1) is 5.92 Å². The van der Waals surface area contributed by atoms with Gasteiger partial charge in [0.1, 0.15) is 0 Å². The van der Waals surface area contributed by atoms with Gasteiger partial charge in [-0.15, -0.1) is 0 Å². The van der Waals surface area contributed by atoms with Crippen molar-refractivity contribution < 1.29 is 9.90 Å². The third-order valence-electron chi connectivity index (χ3n) is 3.96. The summed E-state index contributed by atoms with van der Waals surface area (Å²) in [5, 5.41) is 10.1. The number of amides is 1. The van der Waals surface area contributed by atoms with Crippen LogP contribution in [0.4, 0.5) is 0 Å². The average molecular weight is 297 g/mol. The molecule has 1 aromatic rings. The highest BCUT2D eigenvalue weighted by molar-refractivity contribution is 6.31. The maximum Gasteiger partial charge on any atom is 0.227 e. The maximum absolute atomic E-state index is 12.4. The molecule has 110 valence electrons. The molecule has 1 saturated heterocycles. The second-order valence-corrected chi connectivity index (χ2v) is 5.95. The molecule has 5 heteroatoms. The number of benzene rings is 1. The third kappa shape index (κ3) is 3.32. The number of likely N-dealkylation sites (tertiary alicyclic amines) is 1. The van der Waals surface area contributed by atoms with Gasteiger partial charge in [-0.3, -0.25) is 4.79 Å². The number of halogens is 1. The molecule has 1 aliphatic heterocycles. The van der Waals surface area contributed by atoms with Crippen LogP contribution < -0.4 is 0 Å². The lowest BCUT2D eigenvalue weighted by molar-refractivity contribution is -0.129. The van der Waals surface area contributed by atoms with Gasteiger partial charge in [-0.25, -0.2) is 0 Å². The topological polar surface area (TPSA) is 43.8 Å². The number of likely N-dealkylation sites (N-methyl/N-ethyl adjacent to an activating group) is 1. The van der Waals surface area contributed by atoms with Crippen molar-refractivity contribution in [3.8, 4) is 0 Å². The lowest BCUT2D eigenvalue weighted by Crippen LogP contribution is -2.37. The quantitative estimate of drug-likeness (QED) is 0.910. The predicted molar refractivity (Wildman–Crippen MR) is 79.8 cm³/mol. The smallest absolute Gasteiger partial charge is 0.227 e. The number of hydrogen-bond acceptors (Lipinski definition) is 3. The fourth-order valence-corrected chi connectivity index (χ4v) is 2.94. The zero-order valence-electron chi connectivity index (χ0n) is 11.9. The first-order valence-corrected chi connectivity index (χ1v) is 7.19. The highest BCUT2D eigenvalue weighted by Crippen LogP contribution is 2.22. The minimum absolute atomic E-state index is 0.0703. The Morgan fingerprint density at radius 2 is 2.10 bits per heavy atom. The first-order valence-electron chi connectivity index (χ1n) is 6.81. The number of rotatable bonds is 4. The third-order valence-corrected chi connectivity index (χ3v) is 4.33. The van der Waals surface area contributed by atoms with E-state index in [2.05, 4.69) is 4.90 Å². The van der Waals surface area contributed by atoms with Crippen LogP contribution in [-0.2, 0) is 11.2 Å². The minimum atomic E-state index is 0.0703. The molecular formula is C15H21ClN2O2. The number of hydrogen-bond donors (Lipinski definition) is 1. The van der Waals surface area contributed by atoms with Gasteiger partial charge < -0.3 is 14.9 Å². The first-order chi connectivity index (χ1) is 9.52. The van der Waals surface area contributed by atoms with Crippen LogP contribution in [-0.4, -0.2) is 60.6 Å². The molecular weight excluding hydrogens is 276 g/mol. The summed E-state index contributed by atoms with van der Waals surface area (Å²) < 4.78 is 0. The van der Waals surface area contributed by atoms with Gasteiger partial charge in [0.25, 0.3) is 0 Å². The van der Waals surface area contributed by atoms with E-state index in [0.29, 0.717) is 24.5 Å². The highest BCUT2D eigenvalue weighted by Gasteiger charge is 2.35. The SMILES string of the molecule is CN(C)[C@@H]1CN(C(=O)Cc2ccccc2Cl)C[C@H]1CO. The van der Waals surface area contributed by atoms with Crippen molar-refractivity contribution >= 4 is 17.5 Å². The number of aliphatic hydroxyl groups excluding tert-OH is 1. The van der Waals surface area contributed by atoms with Crippen molar-refractivity contribution in [3.63, 3.8) is 0 Å². The van der Waals surface area contributed by atoms with E-state index in [4.69, 9.17) is 11.6 Å². The molecule has 1 amide bonds. The van der Waals surface area contributed by atoms with Gasteiger partial charge >= 0.3 is 0 Å². The number of aliphatic hydroxyl groups is 1. The average Bonchev–Trinajstić information content (AvgIpc) is 2.86. The van der Waals surface area contributed by atoms with Crippen molar-refractivity contribution in [2.24, 2.45) is 5.92 Å². The van der Waals surface area contributed by atoms with E-state index < -0.39 is 0 Å². The first kappa shape index (κ1) is 15.3.